The summed E-state index contributed by atoms with van der Waals surface area (Å²) in [5, 5.41) is 8.88. The van der Waals surface area contributed by atoms with Crippen LogP contribution in [0.1, 0.15) is 17.8 Å². The number of nitrogens with zero attached hydrogens (tertiary/aromatic N) is 2. The molecule has 0 radical (unpaired) electrons. The van der Waals surface area contributed by atoms with Gasteiger partial charge in [0, 0.05) is 31.4 Å². The van der Waals surface area contributed by atoms with Gasteiger partial charge in [0.15, 0.2) is 5.69 Å². The molecular formula is C10H15F3N4. The van der Waals surface area contributed by atoms with Crippen LogP contribution in [0, 0.1) is 0 Å². The minimum atomic E-state index is -4.37. The number of aromatic nitrogens is 2. The largest absolute Gasteiger partial charge is 0.435 e. The minimum Gasteiger partial charge on any atom is -0.316 e. The summed E-state index contributed by atoms with van der Waals surface area (Å²) in [6, 6.07) is 1.51. The number of hydrogen-bond acceptors (Lipinski definition) is 3. The molecule has 0 bridgehead atoms. The fourth-order valence-electron chi connectivity index (χ4n) is 2.04. The summed E-state index contributed by atoms with van der Waals surface area (Å²) in [5.74, 6) is 0. The molecule has 96 valence electrons. The molecule has 0 amide bonds. The molecule has 1 aliphatic heterocycles. The molecule has 0 spiro atoms. The molecule has 1 saturated heterocycles. The van der Waals surface area contributed by atoms with Gasteiger partial charge in [-0.25, -0.2) is 0 Å². The maximum absolute atomic E-state index is 12.3. The van der Waals surface area contributed by atoms with E-state index in [0.717, 1.165) is 25.6 Å². The van der Waals surface area contributed by atoms with Crippen LogP contribution in [0.5, 0.6) is 0 Å². The average Bonchev–Trinajstić information content (AvgIpc) is 2.86. The summed E-state index contributed by atoms with van der Waals surface area (Å²) in [6.07, 6.45) is -3.34. The van der Waals surface area contributed by atoms with Crippen LogP contribution in [-0.2, 0) is 12.7 Å². The van der Waals surface area contributed by atoms with E-state index in [-0.39, 0.29) is 0 Å². The van der Waals surface area contributed by atoms with Gasteiger partial charge in [-0.1, -0.05) is 0 Å². The third kappa shape index (κ3) is 2.98. The Kier molecular flexibility index (Phi) is 3.39. The monoisotopic (exact) mass is 248 g/mol. The molecule has 1 atom stereocenters. The minimum absolute atomic E-state index is 0.431. The van der Waals surface area contributed by atoms with Crippen molar-refractivity contribution < 1.29 is 13.2 Å². The van der Waals surface area contributed by atoms with Crippen LogP contribution in [0.2, 0.25) is 0 Å². The third-order valence-corrected chi connectivity index (χ3v) is 3.00. The van der Waals surface area contributed by atoms with E-state index in [1.54, 1.807) is 0 Å². The van der Waals surface area contributed by atoms with Crippen LogP contribution in [0.3, 0.4) is 0 Å². The molecule has 0 aliphatic carbocycles. The predicted molar refractivity (Wildman–Crippen MR) is 56.3 cm³/mol. The number of nitrogens with one attached hydrogen (secondary N) is 2. The average molecular weight is 248 g/mol. The third-order valence-electron chi connectivity index (χ3n) is 3.00. The Morgan fingerprint density at radius 1 is 1.59 bits per heavy atom. The van der Waals surface area contributed by atoms with Gasteiger partial charge >= 0.3 is 6.18 Å². The zero-order chi connectivity index (χ0) is 12.5. The van der Waals surface area contributed by atoms with Gasteiger partial charge < -0.3 is 5.32 Å². The van der Waals surface area contributed by atoms with Crippen molar-refractivity contribution in [2.24, 2.45) is 0 Å². The first-order chi connectivity index (χ1) is 7.99. The van der Waals surface area contributed by atoms with Crippen LogP contribution < -0.4 is 5.32 Å². The molecule has 1 aromatic rings. The summed E-state index contributed by atoms with van der Waals surface area (Å²) in [6.45, 7) is 2.24. The standard InChI is InChI=1S/C10H15F3N4/c1-14-7-2-3-17(5-7)6-8-4-9(16-15-8)10(11,12)13/h4,7,14H,2-3,5-6H2,1H3,(H,15,16). The van der Waals surface area contributed by atoms with Gasteiger partial charge in [-0.2, -0.15) is 18.3 Å². The molecule has 4 nitrogen and oxygen atoms in total. The number of likely N-dealkylation sites (N-methyl/N-ethyl adjacent to an activating group) is 1. The Bertz CT molecular complexity index is 374. The van der Waals surface area contributed by atoms with Crippen molar-refractivity contribution in [3.05, 3.63) is 17.5 Å². The highest BCUT2D eigenvalue weighted by Crippen LogP contribution is 2.28. The van der Waals surface area contributed by atoms with E-state index < -0.39 is 11.9 Å². The van der Waals surface area contributed by atoms with E-state index >= 15 is 0 Å². The lowest BCUT2D eigenvalue weighted by Gasteiger charge is -2.14. The molecule has 1 aliphatic rings. The van der Waals surface area contributed by atoms with E-state index in [2.05, 4.69) is 20.4 Å². The van der Waals surface area contributed by atoms with Gasteiger partial charge in [0.25, 0.3) is 0 Å². The van der Waals surface area contributed by atoms with Crippen LogP contribution in [0.25, 0.3) is 0 Å². The Hall–Kier alpha value is -1.08. The highest BCUT2D eigenvalue weighted by molar-refractivity contribution is 5.11. The number of likely N-dealkylation sites (tertiary alicyclic amines) is 1. The van der Waals surface area contributed by atoms with E-state index in [1.165, 1.54) is 0 Å². The van der Waals surface area contributed by atoms with Gasteiger partial charge in [-0.15, -0.1) is 0 Å². The summed E-state index contributed by atoms with van der Waals surface area (Å²) >= 11 is 0. The van der Waals surface area contributed by atoms with E-state index in [9.17, 15) is 13.2 Å². The number of aromatic amines is 1. The summed E-state index contributed by atoms with van der Waals surface area (Å²) in [5.41, 5.74) is -0.342. The molecule has 7 heteroatoms. The Labute approximate surface area is 97.2 Å². The maximum atomic E-state index is 12.3. The lowest BCUT2D eigenvalue weighted by atomic mass is 10.3. The van der Waals surface area contributed by atoms with E-state index in [1.807, 2.05) is 7.05 Å². The van der Waals surface area contributed by atoms with Crippen molar-refractivity contribution in [3.63, 3.8) is 0 Å². The second kappa shape index (κ2) is 4.66. The van der Waals surface area contributed by atoms with Gasteiger partial charge in [0.2, 0.25) is 0 Å². The zero-order valence-electron chi connectivity index (χ0n) is 9.51. The Balaban J connectivity index is 1.94. The lowest BCUT2D eigenvalue weighted by molar-refractivity contribution is -0.141. The lowest BCUT2D eigenvalue weighted by Crippen LogP contribution is -2.29. The predicted octanol–water partition coefficient (Wildman–Crippen LogP) is 1.22. The number of rotatable bonds is 3. The van der Waals surface area contributed by atoms with E-state index in [4.69, 9.17) is 0 Å². The molecule has 2 N–H and O–H groups in total. The molecule has 0 saturated carbocycles. The Morgan fingerprint density at radius 3 is 2.88 bits per heavy atom. The fraction of sp³-hybridized carbons (Fsp3) is 0.700. The number of H-pyrrole nitrogens is 1. The van der Waals surface area contributed by atoms with Crippen LogP contribution in [0.15, 0.2) is 6.07 Å². The topological polar surface area (TPSA) is 44.0 Å². The molecule has 2 rings (SSSR count). The van der Waals surface area contributed by atoms with E-state index in [0.29, 0.717) is 18.3 Å². The van der Waals surface area contributed by atoms with Gasteiger partial charge in [-0.05, 0) is 19.5 Å². The van der Waals surface area contributed by atoms with Crippen molar-refractivity contribution in [2.45, 2.75) is 25.2 Å². The number of alkyl halides is 3. The first-order valence-electron chi connectivity index (χ1n) is 5.50. The first kappa shape index (κ1) is 12.4. The van der Waals surface area contributed by atoms with Crippen LogP contribution >= 0.6 is 0 Å². The van der Waals surface area contributed by atoms with Crippen molar-refractivity contribution in [3.8, 4) is 0 Å². The maximum Gasteiger partial charge on any atom is 0.435 e. The second-order valence-electron chi connectivity index (χ2n) is 4.29. The van der Waals surface area contributed by atoms with Crippen LogP contribution in [-0.4, -0.2) is 41.3 Å². The smallest absolute Gasteiger partial charge is 0.316 e. The van der Waals surface area contributed by atoms with Gasteiger partial charge in [0.05, 0.1) is 0 Å². The van der Waals surface area contributed by atoms with Crippen molar-refractivity contribution in [1.82, 2.24) is 20.4 Å². The molecule has 1 aromatic heterocycles. The molecule has 1 unspecified atom stereocenters. The van der Waals surface area contributed by atoms with Gasteiger partial charge in [0.1, 0.15) is 0 Å². The SMILES string of the molecule is CNC1CCN(Cc2cc(C(F)(F)F)n[nH]2)C1. The van der Waals surface area contributed by atoms with Crippen molar-refractivity contribution >= 4 is 0 Å². The molecule has 1 fully saturated rings. The Morgan fingerprint density at radius 2 is 2.35 bits per heavy atom. The highest BCUT2D eigenvalue weighted by atomic mass is 19.4. The number of halogens is 3. The molecule has 17 heavy (non-hydrogen) atoms. The molecular weight excluding hydrogens is 233 g/mol. The summed E-state index contributed by atoms with van der Waals surface area (Å²) in [7, 11) is 1.89. The highest BCUT2D eigenvalue weighted by Gasteiger charge is 2.34. The molecule has 2 heterocycles. The fourth-order valence-corrected chi connectivity index (χ4v) is 2.04. The zero-order valence-corrected chi connectivity index (χ0v) is 9.51. The second-order valence-corrected chi connectivity index (χ2v) is 4.29. The normalized spacial score (nSPS) is 22.2. The first-order valence-corrected chi connectivity index (χ1v) is 5.50. The molecule has 0 aromatic carbocycles. The van der Waals surface area contributed by atoms with Gasteiger partial charge in [-0.3, -0.25) is 10.00 Å². The van der Waals surface area contributed by atoms with Crippen molar-refractivity contribution in [1.29, 1.82) is 0 Å². The summed E-state index contributed by atoms with van der Waals surface area (Å²) in [4.78, 5) is 2.11. The van der Waals surface area contributed by atoms with Crippen LogP contribution in [0.4, 0.5) is 13.2 Å². The number of hydrogen-bond donors (Lipinski definition) is 2. The van der Waals surface area contributed by atoms with Crippen molar-refractivity contribution in [2.75, 3.05) is 20.1 Å². The quantitative estimate of drug-likeness (QED) is 0.845. The summed E-state index contributed by atoms with van der Waals surface area (Å²) < 4.78 is 37.0.